The molecule has 3 rings (SSSR count). The third-order valence-electron chi connectivity index (χ3n) is 3.13. The van der Waals surface area contributed by atoms with Crippen LogP contribution in [0.25, 0.3) is 22.0 Å². The molecule has 0 atom stereocenters. The van der Waals surface area contributed by atoms with Gasteiger partial charge in [-0.3, -0.25) is 0 Å². The zero-order valence-electron chi connectivity index (χ0n) is 10.4. The number of carboxylic acid groups (broad SMARTS) is 1. The first-order chi connectivity index (χ1) is 9.68. The Labute approximate surface area is 115 Å². The largest absolute Gasteiger partial charge is 0.505 e. The van der Waals surface area contributed by atoms with Crippen molar-refractivity contribution in [2.75, 3.05) is 0 Å². The van der Waals surface area contributed by atoms with Gasteiger partial charge < -0.3 is 10.2 Å². The summed E-state index contributed by atoms with van der Waals surface area (Å²) in [5.41, 5.74) is 1.46. The summed E-state index contributed by atoms with van der Waals surface area (Å²) in [5.74, 6) is -1.55. The molecule has 0 spiro atoms. The van der Waals surface area contributed by atoms with Crippen molar-refractivity contribution in [3.63, 3.8) is 0 Å². The second-order valence-electron chi connectivity index (χ2n) is 4.37. The fourth-order valence-corrected chi connectivity index (χ4v) is 2.25. The van der Waals surface area contributed by atoms with Crippen LogP contribution < -0.4 is 0 Å². The molecule has 0 aliphatic rings. The highest BCUT2D eigenvalue weighted by Crippen LogP contribution is 2.37. The van der Waals surface area contributed by atoms with Crippen molar-refractivity contribution in [3.05, 3.63) is 60.3 Å². The van der Waals surface area contributed by atoms with Crippen molar-refractivity contribution < 1.29 is 15.0 Å². The number of aromatic nitrogens is 1. The van der Waals surface area contributed by atoms with Gasteiger partial charge in [0.05, 0.1) is 5.52 Å². The standard InChI is InChI=1S/C16H11NO3/c18-15-13(10-6-2-1-3-7-10)11-8-4-5-9-12(11)17-14(15)16(19)20/h1-9,18H,(H,19,20). The van der Waals surface area contributed by atoms with E-state index in [1.165, 1.54) is 0 Å². The summed E-state index contributed by atoms with van der Waals surface area (Å²) in [7, 11) is 0. The quantitative estimate of drug-likeness (QED) is 0.745. The number of benzene rings is 2. The third-order valence-corrected chi connectivity index (χ3v) is 3.13. The van der Waals surface area contributed by atoms with Crippen LogP contribution in [0.1, 0.15) is 10.5 Å². The summed E-state index contributed by atoms with van der Waals surface area (Å²) in [4.78, 5) is 15.2. The number of fused-ring (bicyclic) bond motifs is 1. The molecule has 1 aromatic heterocycles. The molecule has 0 aliphatic heterocycles. The number of hydrogen-bond donors (Lipinski definition) is 2. The molecular formula is C16H11NO3. The van der Waals surface area contributed by atoms with Gasteiger partial charge in [-0.05, 0) is 11.6 Å². The van der Waals surface area contributed by atoms with Gasteiger partial charge in [-0.25, -0.2) is 9.78 Å². The first kappa shape index (κ1) is 12.2. The van der Waals surface area contributed by atoms with E-state index in [2.05, 4.69) is 4.98 Å². The summed E-state index contributed by atoms with van der Waals surface area (Å²) in [6, 6.07) is 16.4. The molecule has 0 fully saturated rings. The second kappa shape index (κ2) is 4.66. The summed E-state index contributed by atoms with van der Waals surface area (Å²) in [6.45, 7) is 0. The van der Waals surface area contributed by atoms with Crippen molar-refractivity contribution in [2.45, 2.75) is 0 Å². The Hall–Kier alpha value is -2.88. The predicted molar refractivity (Wildman–Crippen MR) is 75.8 cm³/mol. The van der Waals surface area contributed by atoms with Crippen LogP contribution in [0.2, 0.25) is 0 Å². The van der Waals surface area contributed by atoms with Crippen molar-refractivity contribution in [1.82, 2.24) is 4.98 Å². The molecular weight excluding hydrogens is 254 g/mol. The van der Waals surface area contributed by atoms with Crippen molar-refractivity contribution in [2.24, 2.45) is 0 Å². The molecule has 2 aromatic carbocycles. The van der Waals surface area contributed by atoms with Crippen LogP contribution in [0.15, 0.2) is 54.6 Å². The minimum Gasteiger partial charge on any atom is -0.505 e. The number of rotatable bonds is 2. The SMILES string of the molecule is O=C(O)c1nc2ccccc2c(-c2ccccc2)c1O. The molecule has 0 saturated carbocycles. The van der Waals surface area contributed by atoms with Gasteiger partial charge in [0.2, 0.25) is 0 Å². The Kier molecular flexibility index (Phi) is 2.84. The lowest BCUT2D eigenvalue weighted by atomic mass is 9.99. The van der Waals surface area contributed by atoms with Crippen LogP contribution in [0.4, 0.5) is 0 Å². The van der Waals surface area contributed by atoms with E-state index >= 15 is 0 Å². The predicted octanol–water partition coefficient (Wildman–Crippen LogP) is 3.31. The van der Waals surface area contributed by atoms with Gasteiger partial charge in [0, 0.05) is 10.9 Å². The lowest BCUT2D eigenvalue weighted by Crippen LogP contribution is -2.02. The Balaban J connectivity index is 2.45. The van der Waals surface area contributed by atoms with E-state index in [0.717, 1.165) is 10.9 Å². The van der Waals surface area contributed by atoms with Crippen LogP contribution in [0.5, 0.6) is 5.75 Å². The van der Waals surface area contributed by atoms with Gasteiger partial charge in [0.1, 0.15) is 0 Å². The molecule has 0 bridgehead atoms. The van der Waals surface area contributed by atoms with Gasteiger partial charge in [-0.2, -0.15) is 0 Å². The Morgan fingerprint density at radius 2 is 1.60 bits per heavy atom. The zero-order valence-corrected chi connectivity index (χ0v) is 10.4. The summed E-state index contributed by atoms with van der Waals surface area (Å²) in [6.07, 6.45) is 0. The average molecular weight is 265 g/mol. The first-order valence-corrected chi connectivity index (χ1v) is 6.09. The van der Waals surface area contributed by atoms with Crippen LogP contribution in [0, 0.1) is 0 Å². The first-order valence-electron chi connectivity index (χ1n) is 6.09. The molecule has 20 heavy (non-hydrogen) atoms. The Bertz CT molecular complexity index is 797. The fourth-order valence-electron chi connectivity index (χ4n) is 2.25. The highest BCUT2D eigenvalue weighted by atomic mass is 16.4. The van der Waals surface area contributed by atoms with Crippen LogP contribution >= 0.6 is 0 Å². The molecule has 0 aliphatic carbocycles. The van der Waals surface area contributed by atoms with Gasteiger partial charge >= 0.3 is 5.97 Å². The maximum Gasteiger partial charge on any atom is 0.358 e. The molecule has 2 N–H and O–H groups in total. The van der Waals surface area contributed by atoms with E-state index in [4.69, 9.17) is 0 Å². The van der Waals surface area contributed by atoms with Gasteiger partial charge in [-0.15, -0.1) is 0 Å². The maximum atomic E-state index is 11.2. The number of aromatic hydroxyl groups is 1. The number of para-hydroxylation sites is 1. The topological polar surface area (TPSA) is 70.4 Å². The smallest absolute Gasteiger partial charge is 0.358 e. The molecule has 4 heteroatoms. The molecule has 0 unspecified atom stereocenters. The van der Waals surface area contributed by atoms with E-state index in [9.17, 15) is 15.0 Å². The third kappa shape index (κ3) is 1.87. The van der Waals surface area contributed by atoms with Gasteiger partial charge in [0.25, 0.3) is 0 Å². The molecule has 0 amide bonds. The number of hydrogen-bond acceptors (Lipinski definition) is 3. The molecule has 3 aromatic rings. The molecule has 98 valence electrons. The zero-order chi connectivity index (χ0) is 14.1. The lowest BCUT2D eigenvalue weighted by Gasteiger charge is -2.11. The molecule has 1 heterocycles. The lowest BCUT2D eigenvalue weighted by molar-refractivity contribution is 0.0687. The van der Waals surface area contributed by atoms with Crippen LogP contribution in [-0.4, -0.2) is 21.2 Å². The molecule has 0 radical (unpaired) electrons. The number of pyridine rings is 1. The van der Waals surface area contributed by atoms with Crippen molar-refractivity contribution in [3.8, 4) is 16.9 Å². The van der Waals surface area contributed by atoms with E-state index < -0.39 is 5.97 Å². The molecule has 4 nitrogen and oxygen atoms in total. The minimum absolute atomic E-state index is 0.303. The van der Waals surface area contributed by atoms with Crippen molar-refractivity contribution >= 4 is 16.9 Å². The van der Waals surface area contributed by atoms with E-state index in [0.29, 0.717) is 11.1 Å². The number of carboxylic acids is 1. The number of aromatic carboxylic acids is 1. The normalized spacial score (nSPS) is 10.6. The average Bonchev–Trinajstić information content (AvgIpc) is 2.47. The molecule has 0 saturated heterocycles. The monoisotopic (exact) mass is 265 g/mol. The Morgan fingerprint density at radius 1 is 0.950 bits per heavy atom. The summed E-state index contributed by atoms with van der Waals surface area (Å²) < 4.78 is 0. The van der Waals surface area contributed by atoms with Gasteiger partial charge in [-0.1, -0.05) is 48.5 Å². The van der Waals surface area contributed by atoms with E-state index in [1.807, 2.05) is 42.5 Å². The summed E-state index contributed by atoms with van der Waals surface area (Å²) in [5, 5.41) is 20.2. The van der Waals surface area contributed by atoms with E-state index in [-0.39, 0.29) is 11.4 Å². The highest BCUT2D eigenvalue weighted by Gasteiger charge is 2.19. The second-order valence-corrected chi connectivity index (χ2v) is 4.37. The van der Waals surface area contributed by atoms with Crippen LogP contribution in [-0.2, 0) is 0 Å². The number of nitrogens with zero attached hydrogens (tertiary/aromatic N) is 1. The fraction of sp³-hybridized carbons (Fsp3) is 0. The summed E-state index contributed by atoms with van der Waals surface area (Å²) >= 11 is 0. The maximum absolute atomic E-state index is 11.2. The van der Waals surface area contributed by atoms with Crippen molar-refractivity contribution in [1.29, 1.82) is 0 Å². The highest BCUT2D eigenvalue weighted by molar-refractivity contribution is 6.03. The number of carbonyl (C=O) groups is 1. The Morgan fingerprint density at radius 3 is 2.30 bits per heavy atom. The minimum atomic E-state index is -1.24. The van der Waals surface area contributed by atoms with E-state index in [1.54, 1.807) is 12.1 Å². The van der Waals surface area contributed by atoms with Gasteiger partial charge in [0.15, 0.2) is 11.4 Å². The van der Waals surface area contributed by atoms with Crippen LogP contribution in [0.3, 0.4) is 0 Å².